The summed E-state index contributed by atoms with van der Waals surface area (Å²) in [5.74, 6) is 2.01. The Morgan fingerprint density at radius 1 is 0.871 bits per heavy atom. The minimum absolute atomic E-state index is 0.189. The molecule has 2 aromatic rings. The van der Waals surface area contributed by atoms with E-state index < -0.39 is 0 Å². The molecule has 6 nitrogen and oxygen atoms in total. The number of methoxy groups -OCH3 is 3. The fourth-order valence-electron chi connectivity index (χ4n) is 4.17. The molecule has 0 N–H and O–H groups in total. The van der Waals surface area contributed by atoms with Crippen LogP contribution in [0.2, 0.25) is 0 Å². The SMILES string of the molecule is COc1ccc(CCC(=O)N2CCCN(Cc3ccccc3C)CC2)c(OC)c1OC. The van der Waals surface area contributed by atoms with Crippen molar-refractivity contribution < 1.29 is 19.0 Å². The van der Waals surface area contributed by atoms with Gasteiger partial charge in [-0.3, -0.25) is 9.69 Å². The summed E-state index contributed by atoms with van der Waals surface area (Å²) in [6.07, 6.45) is 2.05. The second-order valence-corrected chi connectivity index (χ2v) is 7.93. The Kier molecular flexibility index (Phi) is 8.18. The second-order valence-electron chi connectivity index (χ2n) is 7.93. The molecule has 31 heavy (non-hydrogen) atoms. The van der Waals surface area contributed by atoms with Crippen molar-refractivity contribution >= 4 is 5.91 Å². The molecule has 1 saturated heterocycles. The lowest BCUT2D eigenvalue weighted by molar-refractivity contribution is -0.131. The molecule has 0 spiro atoms. The first kappa shape index (κ1) is 22.9. The molecule has 2 aromatic carbocycles. The van der Waals surface area contributed by atoms with Crippen molar-refractivity contribution in [2.24, 2.45) is 0 Å². The van der Waals surface area contributed by atoms with Gasteiger partial charge in [-0.15, -0.1) is 0 Å². The highest BCUT2D eigenvalue weighted by molar-refractivity contribution is 5.76. The number of aryl methyl sites for hydroxylation is 2. The first-order valence-electron chi connectivity index (χ1n) is 10.9. The minimum atomic E-state index is 0.189. The van der Waals surface area contributed by atoms with Gasteiger partial charge in [0, 0.05) is 39.1 Å². The van der Waals surface area contributed by atoms with Gasteiger partial charge in [0.15, 0.2) is 11.5 Å². The molecule has 0 radical (unpaired) electrons. The zero-order valence-corrected chi connectivity index (χ0v) is 19.1. The summed E-state index contributed by atoms with van der Waals surface area (Å²) in [5.41, 5.74) is 3.64. The zero-order chi connectivity index (χ0) is 22.2. The average Bonchev–Trinajstić information content (AvgIpc) is 3.03. The molecule has 0 aliphatic carbocycles. The van der Waals surface area contributed by atoms with Crippen LogP contribution < -0.4 is 14.2 Å². The lowest BCUT2D eigenvalue weighted by Gasteiger charge is -2.23. The Bertz CT molecular complexity index is 884. The summed E-state index contributed by atoms with van der Waals surface area (Å²) in [4.78, 5) is 17.4. The Labute approximate surface area is 185 Å². The molecule has 168 valence electrons. The lowest BCUT2D eigenvalue weighted by Crippen LogP contribution is -2.35. The van der Waals surface area contributed by atoms with E-state index in [9.17, 15) is 4.79 Å². The monoisotopic (exact) mass is 426 g/mol. The van der Waals surface area contributed by atoms with Crippen LogP contribution in [0.5, 0.6) is 17.2 Å². The Hall–Kier alpha value is -2.73. The van der Waals surface area contributed by atoms with E-state index in [-0.39, 0.29) is 5.91 Å². The minimum Gasteiger partial charge on any atom is -0.493 e. The first-order valence-corrected chi connectivity index (χ1v) is 10.9. The number of hydrogen-bond donors (Lipinski definition) is 0. The van der Waals surface area contributed by atoms with Crippen LogP contribution in [0.25, 0.3) is 0 Å². The smallest absolute Gasteiger partial charge is 0.222 e. The number of carbonyl (C=O) groups excluding carboxylic acids is 1. The molecule has 1 amide bonds. The summed E-state index contributed by atoms with van der Waals surface area (Å²) >= 11 is 0. The Morgan fingerprint density at radius 3 is 2.35 bits per heavy atom. The second kappa shape index (κ2) is 11.0. The highest BCUT2D eigenvalue weighted by atomic mass is 16.5. The molecule has 0 atom stereocenters. The molecule has 0 bridgehead atoms. The molecule has 1 aliphatic rings. The van der Waals surface area contributed by atoms with Gasteiger partial charge >= 0.3 is 0 Å². The van der Waals surface area contributed by atoms with E-state index >= 15 is 0 Å². The van der Waals surface area contributed by atoms with Crippen LogP contribution in [0.15, 0.2) is 36.4 Å². The van der Waals surface area contributed by atoms with Crippen LogP contribution in [0.1, 0.15) is 29.5 Å². The number of ether oxygens (including phenoxy) is 3. The summed E-state index contributed by atoms with van der Waals surface area (Å²) in [6.45, 7) is 6.60. The van der Waals surface area contributed by atoms with E-state index in [1.54, 1.807) is 21.3 Å². The summed E-state index contributed by atoms with van der Waals surface area (Å²) < 4.78 is 16.4. The molecule has 0 aromatic heterocycles. The topological polar surface area (TPSA) is 51.2 Å². The third-order valence-corrected chi connectivity index (χ3v) is 5.99. The van der Waals surface area contributed by atoms with Gasteiger partial charge in [0.2, 0.25) is 11.7 Å². The Balaban J connectivity index is 1.57. The number of nitrogens with zero attached hydrogens (tertiary/aromatic N) is 2. The van der Waals surface area contributed by atoms with Gasteiger partial charge in [0.1, 0.15) is 0 Å². The van der Waals surface area contributed by atoms with Gasteiger partial charge in [-0.05, 0) is 42.5 Å². The van der Waals surface area contributed by atoms with Crippen molar-refractivity contribution in [3.05, 3.63) is 53.1 Å². The van der Waals surface area contributed by atoms with Gasteiger partial charge in [-0.1, -0.05) is 30.3 Å². The molecule has 1 heterocycles. The van der Waals surface area contributed by atoms with E-state index in [2.05, 4.69) is 36.1 Å². The number of carbonyl (C=O) groups is 1. The van der Waals surface area contributed by atoms with Crippen LogP contribution >= 0.6 is 0 Å². The van der Waals surface area contributed by atoms with Crippen molar-refractivity contribution in [3.63, 3.8) is 0 Å². The average molecular weight is 427 g/mol. The first-order chi connectivity index (χ1) is 15.1. The highest BCUT2D eigenvalue weighted by Gasteiger charge is 2.21. The lowest BCUT2D eigenvalue weighted by atomic mass is 10.1. The maximum absolute atomic E-state index is 12.9. The third-order valence-electron chi connectivity index (χ3n) is 5.99. The molecule has 3 rings (SSSR count). The molecular formula is C25H34N2O4. The predicted octanol–water partition coefficient (Wildman–Crippen LogP) is 3.69. The highest BCUT2D eigenvalue weighted by Crippen LogP contribution is 2.40. The summed E-state index contributed by atoms with van der Waals surface area (Å²) in [7, 11) is 4.80. The molecule has 1 fully saturated rings. The third kappa shape index (κ3) is 5.70. The van der Waals surface area contributed by atoms with Crippen LogP contribution in [0, 0.1) is 6.92 Å². The van der Waals surface area contributed by atoms with Crippen LogP contribution in [0.3, 0.4) is 0 Å². The van der Waals surface area contributed by atoms with Crippen molar-refractivity contribution in [2.45, 2.75) is 32.7 Å². The van der Waals surface area contributed by atoms with Crippen molar-refractivity contribution in [2.75, 3.05) is 47.5 Å². The fourth-order valence-corrected chi connectivity index (χ4v) is 4.17. The van der Waals surface area contributed by atoms with Crippen LogP contribution in [0.4, 0.5) is 0 Å². The number of hydrogen-bond acceptors (Lipinski definition) is 5. The largest absolute Gasteiger partial charge is 0.493 e. The standard InChI is InChI=1S/C25H34N2O4/c1-19-8-5-6-9-21(19)18-26-14-7-15-27(17-16-26)23(28)13-11-20-10-12-22(29-2)25(31-4)24(20)30-3/h5-6,8-10,12H,7,11,13-18H2,1-4H3. The molecular weight excluding hydrogens is 392 g/mol. The maximum atomic E-state index is 12.9. The van der Waals surface area contributed by atoms with Crippen LogP contribution in [-0.2, 0) is 17.8 Å². The number of rotatable bonds is 8. The zero-order valence-electron chi connectivity index (χ0n) is 19.1. The van der Waals surface area contributed by atoms with E-state index in [0.717, 1.165) is 44.7 Å². The molecule has 0 unspecified atom stereocenters. The predicted molar refractivity (Wildman–Crippen MR) is 122 cm³/mol. The summed E-state index contributed by atoms with van der Waals surface area (Å²) in [5, 5.41) is 0. The van der Waals surface area contributed by atoms with Gasteiger partial charge in [0.25, 0.3) is 0 Å². The normalized spacial score (nSPS) is 14.8. The van der Waals surface area contributed by atoms with Crippen molar-refractivity contribution in [1.82, 2.24) is 9.80 Å². The maximum Gasteiger partial charge on any atom is 0.222 e. The quantitative estimate of drug-likeness (QED) is 0.644. The van der Waals surface area contributed by atoms with Crippen molar-refractivity contribution in [1.29, 1.82) is 0 Å². The number of amides is 1. The van der Waals surface area contributed by atoms with Gasteiger partial charge < -0.3 is 19.1 Å². The van der Waals surface area contributed by atoms with Crippen molar-refractivity contribution in [3.8, 4) is 17.2 Å². The van der Waals surface area contributed by atoms with E-state index in [1.807, 2.05) is 17.0 Å². The molecule has 1 aliphatic heterocycles. The van der Waals surface area contributed by atoms with Gasteiger partial charge in [-0.25, -0.2) is 0 Å². The number of benzene rings is 2. The van der Waals surface area contributed by atoms with Gasteiger partial charge in [-0.2, -0.15) is 0 Å². The molecule has 6 heteroatoms. The molecule has 0 saturated carbocycles. The summed E-state index contributed by atoms with van der Waals surface area (Å²) in [6, 6.07) is 12.3. The Morgan fingerprint density at radius 2 is 1.65 bits per heavy atom. The van der Waals surface area contributed by atoms with Crippen LogP contribution in [-0.4, -0.2) is 63.2 Å². The van der Waals surface area contributed by atoms with Gasteiger partial charge in [0.05, 0.1) is 21.3 Å². The van der Waals surface area contributed by atoms with E-state index in [1.165, 1.54) is 11.1 Å². The van der Waals surface area contributed by atoms with E-state index in [4.69, 9.17) is 14.2 Å². The fraction of sp³-hybridized carbons (Fsp3) is 0.480. The van der Waals surface area contributed by atoms with E-state index in [0.29, 0.717) is 30.1 Å².